The summed E-state index contributed by atoms with van der Waals surface area (Å²) in [6.07, 6.45) is 4.02. The minimum Gasteiger partial charge on any atom is -0.293 e. The molecule has 0 spiro atoms. The van der Waals surface area contributed by atoms with Crippen molar-refractivity contribution in [2.75, 3.05) is 5.75 Å². The molecule has 0 saturated heterocycles. The van der Waals surface area contributed by atoms with Gasteiger partial charge < -0.3 is 0 Å². The minimum atomic E-state index is -0.495. The average Bonchev–Trinajstić information content (AvgIpc) is 2.76. The summed E-state index contributed by atoms with van der Waals surface area (Å²) in [4.78, 5) is 27.5. The second-order valence-corrected chi connectivity index (χ2v) is 9.32. The van der Waals surface area contributed by atoms with Crippen LogP contribution < -0.4 is 0 Å². The highest BCUT2D eigenvalue weighted by molar-refractivity contribution is 8.00. The van der Waals surface area contributed by atoms with Gasteiger partial charge in [0.2, 0.25) is 0 Å². The van der Waals surface area contributed by atoms with Gasteiger partial charge in [0.05, 0.1) is 16.2 Å². The Kier molecular flexibility index (Phi) is 6.57. The fraction of sp³-hybridized carbons (Fsp3) is 0.435. The summed E-state index contributed by atoms with van der Waals surface area (Å²) < 4.78 is 0. The van der Waals surface area contributed by atoms with Gasteiger partial charge in [0.15, 0.2) is 5.78 Å². The molecule has 1 unspecified atom stereocenters. The monoisotopic (exact) mass is 423 g/mol. The lowest BCUT2D eigenvalue weighted by molar-refractivity contribution is -0.384. The fourth-order valence-electron chi connectivity index (χ4n) is 3.78. The molecule has 3 rings (SSSR count). The van der Waals surface area contributed by atoms with E-state index < -0.39 is 4.92 Å². The lowest BCUT2D eigenvalue weighted by Crippen LogP contribution is -2.29. The molecule has 156 valence electrons. The molecule has 0 fully saturated rings. The third-order valence-corrected chi connectivity index (χ3v) is 7.22. The second-order valence-electron chi connectivity index (χ2n) is 8.36. The number of carbonyl (C=O) groups excluding carboxylic acids is 1. The van der Waals surface area contributed by atoms with E-state index >= 15 is 0 Å². The van der Waals surface area contributed by atoms with Crippen LogP contribution in [0.4, 0.5) is 5.69 Å². The maximum absolute atomic E-state index is 12.5. The number of rotatable bonds is 7. The van der Waals surface area contributed by atoms with E-state index in [0.717, 1.165) is 36.9 Å². The van der Waals surface area contributed by atoms with Gasteiger partial charge in [0.25, 0.3) is 5.69 Å². The number of carbonyl (C=O) groups is 1. The zero-order chi connectivity index (χ0) is 21.9. The molecule has 2 aromatic rings. The van der Waals surface area contributed by atoms with E-state index in [1.165, 1.54) is 36.0 Å². The second kappa shape index (κ2) is 8.97. The Morgan fingerprint density at radius 1 is 1.37 bits per heavy atom. The number of hydrogen-bond acceptors (Lipinski definition) is 6. The zero-order valence-corrected chi connectivity index (χ0v) is 18.3. The SMILES string of the molecule is CCC(C)(C)C1CCc2nc(SCC(=O)c3ccc([N+](=O)[O-])cc3)c(C#N)cc2C1. The van der Waals surface area contributed by atoms with Gasteiger partial charge in [-0.05, 0) is 54.4 Å². The van der Waals surface area contributed by atoms with Crippen LogP contribution in [-0.2, 0) is 12.8 Å². The molecular weight excluding hydrogens is 398 g/mol. The maximum atomic E-state index is 12.5. The van der Waals surface area contributed by atoms with Gasteiger partial charge >= 0.3 is 0 Å². The molecular formula is C23H25N3O3S. The van der Waals surface area contributed by atoms with Crippen molar-refractivity contribution < 1.29 is 9.72 Å². The van der Waals surface area contributed by atoms with Crippen molar-refractivity contribution in [3.63, 3.8) is 0 Å². The summed E-state index contributed by atoms with van der Waals surface area (Å²) in [6.45, 7) is 6.82. The lowest BCUT2D eigenvalue weighted by Gasteiger charge is -2.37. The maximum Gasteiger partial charge on any atom is 0.269 e. The van der Waals surface area contributed by atoms with Crippen LogP contribution in [-0.4, -0.2) is 21.4 Å². The van der Waals surface area contributed by atoms with Gasteiger partial charge in [0, 0.05) is 23.4 Å². The normalized spacial score (nSPS) is 15.9. The number of fused-ring (bicyclic) bond motifs is 1. The first-order valence-corrected chi connectivity index (χ1v) is 11.1. The molecule has 1 aromatic heterocycles. The van der Waals surface area contributed by atoms with Crippen molar-refractivity contribution in [2.45, 2.75) is 51.5 Å². The van der Waals surface area contributed by atoms with Crippen molar-refractivity contribution in [2.24, 2.45) is 11.3 Å². The molecule has 0 N–H and O–H groups in total. The van der Waals surface area contributed by atoms with Gasteiger partial charge in [-0.1, -0.05) is 39.0 Å². The standard InChI is InChI=1S/C23H25N3O3S/c1-4-23(2,3)18-7-10-20-16(12-18)11-17(13-24)22(25-20)30-14-21(27)15-5-8-19(9-6-15)26(28)29/h5-6,8-9,11,18H,4,7,10,12,14H2,1-3H3. The lowest BCUT2D eigenvalue weighted by atomic mass is 9.69. The highest BCUT2D eigenvalue weighted by Gasteiger charge is 2.32. The first-order valence-electron chi connectivity index (χ1n) is 10.1. The molecule has 0 aliphatic heterocycles. The van der Waals surface area contributed by atoms with E-state index in [9.17, 15) is 20.2 Å². The van der Waals surface area contributed by atoms with Gasteiger partial charge in [-0.3, -0.25) is 14.9 Å². The summed E-state index contributed by atoms with van der Waals surface area (Å²) in [5.74, 6) is 0.553. The van der Waals surface area contributed by atoms with Crippen molar-refractivity contribution in [3.8, 4) is 6.07 Å². The molecule has 0 amide bonds. The van der Waals surface area contributed by atoms with Crippen molar-refractivity contribution >= 4 is 23.2 Å². The average molecular weight is 424 g/mol. The van der Waals surface area contributed by atoms with Crippen molar-refractivity contribution in [3.05, 3.63) is 62.8 Å². The summed E-state index contributed by atoms with van der Waals surface area (Å²) in [6, 6.07) is 9.74. The molecule has 0 radical (unpaired) electrons. The quantitative estimate of drug-likeness (QED) is 0.257. The molecule has 0 bridgehead atoms. The van der Waals surface area contributed by atoms with Gasteiger partial charge in [-0.2, -0.15) is 5.26 Å². The topological polar surface area (TPSA) is 96.9 Å². The number of Topliss-reactive ketones (excluding diaryl/α,β-unsaturated/α-hetero) is 1. The number of nitro groups is 1. The summed E-state index contributed by atoms with van der Waals surface area (Å²) in [5.41, 5.74) is 3.30. The molecule has 1 heterocycles. The van der Waals surface area contributed by atoms with Crippen LogP contribution in [0.2, 0.25) is 0 Å². The summed E-state index contributed by atoms with van der Waals surface area (Å²) in [7, 11) is 0. The number of thioether (sulfide) groups is 1. The minimum absolute atomic E-state index is 0.0492. The molecule has 0 saturated carbocycles. The van der Waals surface area contributed by atoms with E-state index in [2.05, 4.69) is 26.8 Å². The van der Waals surface area contributed by atoms with E-state index in [1.54, 1.807) is 0 Å². The number of benzene rings is 1. The van der Waals surface area contributed by atoms with E-state index in [4.69, 9.17) is 4.98 Å². The number of nitriles is 1. The first kappa shape index (κ1) is 22.0. The third kappa shape index (κ3) is 4.71. The zero-order valence-electron chi connectivity index (χ0n) is 17.5. The number of aromatic nitrogens is 1. The number of nitrogens with zero attached hydrogens (tertiary/aromatic N) is 3. The fourth-order valence-corrected chi connectivity index (χ4v) is 4.65. The molecule has 1 atom stereocenters. The Morgan fingerprint density at radius 2 is 2.07 bits per heavy atom. The van der Waals surface area contributed by atoms with E-state index in [0.29, 0.717) is 22.1 Å². The number of non-ortho nitro benzene ring substituents is 1. The number of aryl methyl sites for hydroxylation is 1. The number of nitro benzene ring substituents is 1. The van der Waals surface area contributed by atoms with Crippen molar-refractivity contribution in [1.29, 1.82) is 5.26 Å². The third-order valence-electron chi connectivity index (χ3n) is 6.23. The number of ketones is 1. The highest BCUT2D eigenvalue weighted by atomic mass is 32.2. The summed E-state index contributed by atoms with van der Waals surface area (Å²) >= 11 is 1.25. The molecule has 6 nitrogen and oxygen atoms in total. The Morgan fingerprint density at radius 3 is 2.67 bits per heavy atom. The Balaban J connectivity index is 1.74. The largest absolute Gasteiger partial charge is 0.293 e. The first-order chi connectivity index (χ1) is 14.2. The number of hydrogen-bond donors (Lipinski definition) is 0. The summed E-state index contributed by atoms with van der Waals surface area (Å²) in [5, 5.41) is 20.9. The molecule has 30 heavy (non-hydrogen) atoms. The Bertz CT molecular complexity index is 1010. The van der Waals surface area contributed by atoms with Gasteiger partial charge in [-0.25, -0.2) is 4.98 Å². The predicted octanol–water partition coefficient (Wildman–Crippen LogP) is 5.38. The van der Waals surface area contributed by atoms with Gasteiger partial charge in [-0.15, -0.1) is 0 Å². The van der Waals surface area contributed by atoms with Crippen LogP contribution in [0.3, 0.4) is 0 Å². The highest BCUT2D eigenvalue weighted by Crippen LogP contribution is 2.40. The Hall–Kier alpha value is -2.72. The van der Waals surface area contributed by atoms with Crippen LogP contribution in [0.1, 0.15) is 60.8 Å². The van der Waals surface area contributed by atoms with Crippen LogP contribution in [0.15, 0.2) is 35.4 Å². The molecule has 7 heteroatoms. The van der Waals surface area contributed by atoms with Crippen LogP contribution in [0.25, 0.3) is 0 Å². The number of pyridine rings is 1. The van der Waals surface area contributed by atoms with E-state index in [1.807, 2.05) is 6.07 Å². The predicted molar refractivity (Wildman–Crippen MR) is 117 cm³/mol. The van der Waals surface area contributed by atoms with E-state index in [-0.39, 0.29) is 22.6 Å². The molecule has 1 aliphatic rings. The smallest absolute Gasteiger partial charge is 0.269 e. The van der Waals surface area contributed by atoms with Crippen LogP contribution in [0.5, 0.6) is 0 Å². The molecule has 1 aliphatic carbocycles. The van der Waals surface area contributed by atoms with Crippen LogP contribution >= 0.6 is 11.8 Å². The van der Waals surface area contributed by atoms with Gasteiger partial charge in [0.1, 0.15) is 11.1 Å². The molecule has 1 aromatic carbocycles. The Labute approximate surface area is 180 Å². The van der Waals surface area contributed by atoms with Crippen molar-refractivity contribution in [1.82, 2.24) is 4.98 Å². The van der Waals surface area contributed by atoms with Crippen LogP contribution in [0, 0.1) is 32.8 Å².